The SMILES string of the molecule is O=C(O)c1cnc(Oc2cccc(F)c2)o1. The molecule has 0 saturated heterocycles. The average Bonchev–Trinajstić information content (AvgIpc) is 2.66. The van der Waals surface area contributed by atoms with Crippen LogP contribution in [0.3, 0.4) is 0 Å². The Labute approximate surface area is 89.1 Å². The van der Waals surface area contributed by atoms with E-state index in [1.165, 1.54) is 18.2 Å². The Balaban J connectivity index is 2.17. The highest BCUT2D eigenvalue weighted by atomic mass is 19.1. The number of benzene rings is 1. The van der Waals surface area contributed by atoms with E-state index in [-0.39, 0.29) is 17.6 Å². The number of aromatic carboxylic acids is 1. The molecule has 0 aliphatic carbocycles. The van der Waals surface area contributed by atoms with Gasteiger partial charge < -0.3 is 14.3 Å². The molecule has 1 aromatic heterocycles. The van der Waals surface area contributed by atoms with Crippen molar-refractivity contribution in [3.63, 3.8) is 0 Å². The van der Waals surface area contributed by atoms with E-state index in [2.05, 4.69) is 4.98 Å². The van der Waals surface area contributed by atoms with Crippen molar-refractivity contribution in [2.75, 3.05) is 0 Å². The van der Waals surface area contributed by atoms with Gasteiger partial charge in [-0.15, -0.1) is 0 Å². The second-order valence-corrected chi connectivity index (χ2v) is 2.86. The zero-order valence-corrected chi connectivity index (χ0v) is 7.88. The van der Waals surface area contributed by atoms with Crippen LogP contribution >= 0.6 is 0 Å². The summed E-state index contributed by atoms with van der Waals surface area (Å²) in [5.74, 6) is -1.88. The number of rotatable bonds is 3. The number of ether oxygens (including phenoxy) is 1. The van der Waals surface area contributed by atoms with Crippen molar-refractivity contribution in [2.45, 2.75) is 0 Å². The maximum absolute atomic E-state index is 12.8. The van der Waals surface area contributed by atoms with E-state index in [0.29, 0.717) is 0 Å². The average molecular weight is 223 g/mol. The number of carboxylic acids is 1. The zero-order chi connectivity index (χ0) is 11.5. The first-order valence-electron chi connectivity index (χ1n) is 4.28. The first-order chi connectivity index (χ1) is 7.65. The van der Waals surface area contributed by atoms with Crippen LogP contribution in [0.15, 0.2) is 34.9 Å². The van der Waals surface area contributed by atoms with Crippen molar-refractivity contribution in [3.05, 3.63) is 42.0 Å². The number of oxazole rings is 1. The van der Waals surface area contributed by atoms with E-state index < -0.39 is 11.8 Å². The van der Waals surface area contributed by atoms with Crippen LogP contribution in [-0.4, -0.2) is 16.1 Å². The van der Waals surface area contributed by atoms with Crippen LogP contribution in [-0.2, 0) is 0 Å². The molecule has 16 heavy (non-hydrogen) atoms. The summed E-state index contributed by atoms with van der Waals surface area (Å²) in [4.78, 5) is 14.0. The Morgan fingerprint density at radius 3 is 2.94 bits per heavy atom. The quantitative estimate of drug-likeness (QED) is 0.864. The molecule has 0 unspecified atom stereocenters. The lowest BCUT2D eigenvalue weighted by Crippen LogP contribution is -1.91. The predicted molar refractivity (Wildman–Crippen MR) is 49.9 cm³/mol. The maximum atomic E-state index is 12.8. The molecule has 1 heterocycles. The third kappa shape index (κ3) is 2.17. The lowest BCUT2D eigenvalue weighted by atomic mass is 10.3. The highest BCUT2D eigenvalue weighted by Crippen LogP contribution is 2.21. The second-order valence-electron chi connectivity index (χ2n) is 2.86. The van der Waals surface area contributed by atoms with Gasteiger partial charge in [0.1, 0.15) is 11.6 Å². The summed E-state index contributed by atoms with van der Waals surface area (Å²) < 4.78 is 22.5. The Morgan fingerprint density at radius 2 is 2.31 bits per heavy atom. The van der Waals surface area contributed by atoms with Gasteiger partial charge in [0.25, 0.3) is 0 Å². The molecule has 0 saturated carbocycles. The number of nitrogens with zero attached hydrogens (tertiary/aromatic N) is 1. The first kappa shape index (κ1) is 10.2. The molecule has 0 radical (unpaired) electrons. The Kier molecular flexibility index (Phi) is 2.55. The van der Waals surface area contributed by atoms with Gasteiger partial charge in [0.2, 0.25) is 5.76 Å². The largest absolute Gasteiger partial charge is 0.475 e. The molecule has 0 aliphatic heterocycles. The van der Waals surface area contributed by atoms with Crippen molar-refractivity contribution in [1.29, 1.82) is 0 Å². The minimum Gasteiger partial charge on any atom is -0.475 e. The summed E-state index contributed by atoms with van der Waals surface area (Å²) in [7, 11) is 0. The molecule has 0 atom stereocenters. The highest BCUT2D eigenvalue weighted by Gasteiger charge is 2.12. The normalized spacial score (nSPS) is 10.1. The van der Waals surface area contributed by atoms with Gasteiger partial charge in [-0.2, -0.15) is 4.98 Å². The molecule has 1 aromatic carbocycles. The van der Waals surface area contributed by atoms with Gasteiger partial charge in [0.15, 0.2) is 0 Å². The summed E-state index contributed by atoms with van der Waals surface area (Å²) in [5, 5.41) is 8.56. The van der Waals surface area contributed by atoms with E-state index in [9.17, 15) is 9.18 Å². The Bertz CT molecular complexity index is 523. The van der Waals surface area contributed by atoms with E-state index in [0.717, 1.165) is 12.3 Å². The molecule has 2 rings (SSSR count). The molecular weight excluding hydrogens is 217 g/mol. The number of aromatic nitrogens is 1. The fourth-order valence-corrected chi connectivity index (χ4v) is 1.04. The summed E-state index contributed by atoms with van der Waals surface area (Å²) >= 11 is 0. The Hall–Kier alpha value is -2.37. The molecule has 1 N–H and O–H groups in total. The predicted octanol–water partition coefficient (Wildman–Crippen LogP) is 2.30. The molecular formula is C10H6FNO4. The summed E-state index contributed by atoms with van der Waals surface area (Å²) in [6.07, 6.45) is 0.764. The topological polar surface area (TPSA) is 72.6 Å². The summed E-state index contributed by atoms with van der Waals surface area (Å²) in [5.41, 5.74) is 0. The minimum atomic E-state index is -1.25. The lowest BCUT2D eigenvalue weighted by Gasteiger charge is -1.99. The number of hydrogen-bond donors (Lipinski definition) is 1. The molecule has 5 nitrogen and oxygen atoms in total. The van der Waals surface area contributed by atoms with Gasteiger partial charge in [0, 0.05) is 6.07 Å². The van der Waals surface area contributed by atoms with E-state index in [1.54, 1.807) is 0 Å². The van der Waals surface area contributed by atoms with Crippen molar-refractivity contribution < 1.29 is 23.4 Å². The number of carboxylic acid groups (broad SMARTS) is 1. The van der Waals surface area contributed by atoms with Gasteiger partial charge >= 0.3 is 12.0 Å². The number of hydrogen-bond acceptors (Lipinski definition) is 4. The van der Waals surface area contributed by atoms with Crippen LogP contribution < -0.4 is 4.74 Å². The van der Waals surface area contributed by atoms with Gasteiger partial charge in [-0.3, -0.25) is 0 Å². The molecule has 0 fully saturated rings. The van der Waals surface area contributed by atoms with E-state index >= 15 is 0 Å². The van der Waals surface area contributed by atoms with E-state index in [4.69, 9.17) is 14.3 Å². The molecule has 2 aromatic rings. The molecule has 0 amide bonds. The molecule has 0 spiro atoms. The molecule has 0 aliphatic rings. The molecule has 0 bridgehead atoms. The third-order valence-electron chi connectivity index (χ3n) is 1.70. The fraction of sp³-hybridized carbons (Fsp3) is 0. The van der Waals surface area contributed by atoms with Gasteiger partial charge in [-0.25, -0.2) is 9.18 Å². The van der Waals surface area contributed by atoms with Crippen LogP contribution in [0.25, 0.3) is 0 Å². The highest BCUT2D eigenvalue weighted by molar-refractivity contribution is 5.83. The Morgan fingerprint density at radius 1 is 1.50 bits per heavy atom. The van der Waals surface area contributed by atoms with Crippen LogP contribution in [0.1, 0.15) is 10.6 Å². The maximum Gasteiger partial charge on any atom is 0.399 e. The van der Waals surface area contributed by atoms with Gasteiger partial charge in [-0.1, -0.05) is 6.07 Å². The van der Waals surface area contributed by atoms with Gasteiger partial charge in [0.05, 0.1) is 6.20 Å². The lowest BCUT2D eigenvalue weighted by molar-refractivity contribution is 0.0657. The van der Waals surface area contributed by atoms with Crippen molar-refractivity contribution in [2.24, 2.45) is 0 Å². The number of carbonyl (C=O) groups is 1. The standard InChI is InChI=1S/C10H6FNO4/c11-6-2-1-3-7(4-6)15-10-12-5-8(16-10)9(13)14/h1-5H,(H,13,14). The second kappa shape index (κ2) is 4.01. The summed E-state index contributed by atoms with van der Waals surface area (Å²) in [6.45, 7) is 0. The van der Waals surface area contributed by atoms with Crippen molar-refractivity contribution in [1.82, 2.24) is 4.98 Å². The fourth-order valence-electron chi connectivity index (χ4n) is 1.04. The van der Waals surface area contributed by atoms with Gasteiger partial charge in [-0.05, 0) is 12.1 Å². The van der Waals surface area contributed by atoms with Crippen LogP contribution in [0.5, 0.6) is 11.8 Å². The van der Waals surface area contributed by atoms with Crippen LogP contribution in [0.2, 0.25) is 0 Å². The van der Waals surface area contributed by atoms with Crippen LogP contribution in [0, 0.1) is 5.82 Å². The van der Waals surface area contributed by atoms with E-state index in [1.807, 2.05) is 0 Å². The monoisotopic (exact) mass is 223 g/mol. The molecule has 82 valence electrons. The summed E-state index contributed by atoms with van der Waals surface area (Å²) in [6, 6.07) is 5.33. The van der Waals surface area contributed by atoms with Crippen molar-refractivity contribution in [3.8, 4) is 11.8 Å². The third-order valence-corrected chi connectivity index (χ3v) is 1.70. The van der Waals surface area contributed by atoms with Crippen LogP contribution in [0.4, 0.5) is 4.39 Å². The minimum absolute atomic E-state index is 0.179. The number of halogens is 1. The first-order valence-corrected chi connectivity index (χ1v) is 4.28. The smallest absolute Gasteiger partial charge is 0.399 e. The zero-order valence-electron chi connectivity index (χ0n) is 7.88. The molecule has 6 heteroatoms. The van der Waals surface area contributed by atoms with Crippen molar-refractivity contribution >= 4 is 5.97 Å².